The van der Waals surface area contributed by atoms with Gasteiger partial charge in [-0.25, -0.2) is 0 Å². The molecule has 0 aromatic heterocycles. The van der Waals surface area contributed by atoms with Crippen molar-refractivity contribution in [2.45, 2.75) is 12.7 Å². The standard InChI is InChI=1S/C11H18NO2P/c1-13-11(14-15)9-12-8-7-10-5-3-2-4-6-10/h2-6,11-12H,7-9,15H2,1H3. The Morgan fingerprint density at radius 1 is 1.33 bits per heavy atom. The van der Waals surface area contributed by atoms with Gasteiger partial charge in [0.1, 0.15) is 0 Å². The Labute approximate surface area is 93.4 Å². The summed E-state index contributed by atoms with van der Waals surface area (Å²) >= 11 is 0. The number of rotatable bonds is 7. The molecule has 0 aliphatic carbocycles. The van der Waals surface area contributed by atoms with Gasteiger partial charge in [0.25, 0.3) is 0 Å². The number of hydrogen-bond donors (Lipinski definition) is 1. The Morgan fingerprint density at radius 3 is 2.67 bits per heavy atom. The van der Waals surface area contributed by atoms with Gasteiger partial charge in [-0.15, -0.1) is 0 Å². The molecule has 0 spiro atoms. The Bertz CT molecular complexity index is 252. The van der Waals surface area contributed by atoms with Crippen LogP contribution in [0.15, 0.2) is 30.3 Å². The van der Waals surface area contributed by atoms with E-state index in [1.54, 1.807) is 7.11 Å². The lowest BCUT2D eigenvalue weighted by Gasteiger charge is -2.13. The molecule has 0 amide bonds. The molecule has 4 heteroatoms. The quantitative estimate of drug-likeness (QED) is 0.436. The van der Waals surface area contributed by atoms with E-state index in [0.717, 1.165) is 13.0 Å². The van der Waals surface area contributed by atoms with E-state index in [-0.39, 0.29) is 6.29 Å². The number of nitrogens with one attached hydrogen (secondary N) is 1. The predicted molar refractivity (Wildman–Crippen MR) is 64.6 cm³/mol. The molecule has 0 bridgehead atoms. The van der Waals surface area contributed by atoms with E-state index in [1.165, 1.54) is 5.56 Å². The van der Waals surface area contributed by atoms with E-state index in [1.807, 2.05) is 6.07 Å². The zero-order valence-corrected chi connectivity index (χ0v) is 10.1. The fourth-order valence-electron chi connectivity index (χ4n) is 1.28. The number of benzene rings is 1. The van der Waals surface area contributed by atoms with Crippen LogP contribution in [0.25, 0.3) is 0 Å². The Kier molecular flexibility index (Phi) is 6.53. The van der Waals surface area contributed by atoms with Crippen molar-refractivity contribution in [3.63, 3.8) is 0 Å². The van der Waals surface area contributed by atoms with Crippen LogP contribution in [0, 0.1) is 0 Å². The molecule has 0 fully saturated rings. The van der Waals surface area contributed by atoms with Crippen LogP contribution in [0.1, 0.15) is 5.56 Å². The molecule has 0 aliphatic heterocycles. The summed E-state index contributed by atoms with van der Waals surface area (Å²) in [4.78, 5) is 0. The third kappa shape index (κ3) is 5.24. The summed E-state index contributed by atoms with van der Waals surface area (Å²) in [5.41, 5.74) is 1.34. The molecule has 2 atom stereocenters. The van der Waals surface area contributed by atoms with E-state index in [2.05, 4.69) is 39.0 Å². The Hall–Kier alpha value is -0.470. The molecule has 84 valence electrons. The third-order valence-corrected chi connectivity index (χ3v) is 2.46. The van der Waals surface area contributed by atoms with Crippen LogP contribution in [0.2, 0.25) is 0 Å². The summed E-state index contributed by atoms with van der Waals surface area (Å²) < 4.78 is 10.0. The highest BCUT2D eigenvalue weighted by molar-refractivity contribution is 7.09. The van der Waals surface area contributed by atoms with E-state index < -0.39 is 0 Å². The van der Waals surface area contributed by atoms with E-state index >= 15 is 0 Å². The van der Waals surface area contributed by atoms with Crippen molar-refractivity contribution in [1.29, 1.82) is 0 Å². The van der Waals surface area contributed by atoms with Crippen molar-refractivity contribution in [3.05, 3.63) is 35.9 Å². The topological polar surface area (TPSA) is 30.5 Å². The van der Waals surface area contributed by atoms with Crippen LogP contribution in [-0.2, 0) is 15.7 Å². The fourth-order valence-corrected chi connectivity index (χ4v) is 1.49. The van der Waals surface area contributed by atoms with E-state index in [0.29, 0.717) is 6.54 Å². The maximum atomic E-state index is 5.05. The predicted octanol–water partition coefficient (Wildman–Crippen LogP) is 1.60. The van der Waals surface area contributed by atoms with Gasteiger partial charge in [0.05, 0.1) is 0 Å². The molecule has 3 nitrogen and oxygen atoms in total. The van der Waals surface area contributed by atoms with Crippen LogP contribution in [0.3, 0.4) is 0 Å². The SMILES string of the molecule is COC(CNCCc1ccccc1)OP. The molecule has 1 rings (SSSR count). The zero-order chi connectivity index (χ0) is 10.9. The monoisotopic (exact) mass is 227 g/mol. The minimum Gasteiger partial charge on any atom is -0.354 e. The average Bonchev–Trinajstić information content (AvgIpc) is 2.31. The highest BCUT2D eigenvalue weighted by atomic mass is 31.0. The van der Waals surface area contributed by atoms with Crippen molar-refractivity contribution >= 4 is 9.47 Å². The highest BCUT2D eigenvalue weighted by Crippen LogP contribution is 1.99. The second kappa shape index (κ2) is 7.77. The maximum absolute atomic E-state index is 5.05. The normalized spacial score (nSPS) is 12.7. The molecule has 1 aromatic rings. The summed E-state index contributed by atoms with van der Waals surface area (Å²) in [5.74, 6) is 0. The molecule has 15 heavy (non-hydrogen) atoms. The van der Waals surface area contributed by atoms with Crippen molar-refractivity contribution < 1.29 is 9.26 Å². The minimum atomic E-state index is -0.189. The Morgan fingerprint density at radius 2 is 2.07 bits per heavy atom. The van der Waals surface area contributed by atoms with Crippen LogP contribution < -0.4 is 5.32 Å². The van der Waals surface area contributed by atoms with Gasteiger partial charge < -0.3 is 14.6 Å². The molecule has 0 radical (unpaired) electrons. The summed E-state index contributed by atoms with van der Waals surface area (Å²) in [6.07, 6.45) is 0.833. The van der Waals surface area contributed by atoms with Crippen LogP contribution in [-0.4, -0.2) is 26.5 Å². The first-order chi connectivity index (χ1) is 7.36. The summed E-state index contributed by atoms with van der Waals surface area (Å²) in [5, 5.41) is 3.27. The molecule has 0 aliphatic rings. The highest BCUT2D eigenvalue weighted by Gasteiger charge is 2.02. The lowest BCUT2D eigenvalue weighted by Crippen LogP contribution is -2.29. The number of hydrogen-bond acceptors (Lipinski definition) is 3. The molecule has 0 saturated heterocycles. The first-order valence-corrected chi connectivity index (χ1v) is 5.47. The van der Waals surface area contributed by atoms with Crippen molar-refractivity contribution in [2.75, 3.05) is 20.2 Å². The van der Waals surface area contributed by atoms with Gasteiger partial charge in [-0.1, -0.05) is 30.3 Å². The van der Waals surface area contributed by atoms with Gasteiger partial charge >= 0.3 is 0 Å². The number of ether oxygens (including phenoxy) is 1. The van der Waals surface area contributed by atoms with Crippen molar-refractivity contribution in [2.24, 2.45) is 0 Å². The van der Waals surface area contributed by atoms with Gasteiger partial charge in [0.15, 0.2) is 6.29 Å². The lowest BCUT2D eigenvalue weighted by molar-refractivity contribution is -0.0390. The summed E-state index contributed by atoms with van der Waals surface area (Å²) in [6.45, 7) is 1.63. The van der Waals surface area contributed by atoms with E-state index in [9.17, 15) is 0 Å². The largest absolute Gasteiger partial charge is 0.354 e. The first-order valence-electron chi connectivity index (χ1n) is 4.99. The maximum Gasteiger partial charge on any atom is 0.172 e. The molecule has 0 saturated carbocycles. The molecule has 1 N–H and O–H groups in total. The van der Waals surface area contributed by atoms with Crippen molar-refractivity contribution in [1.82, 2.24) is 5.32 Å². The molecule has 2 unspecified atom stereocenters. The second-order valence-electron chi connectivity index (χ2n) is 3.24. The van der Waals surface area contributed by atoms with Gasteiger partial charge in [-0.05, 0) is 18.5 Å². The van der Waals surface area contributed by atoms with Gasteiger partial charge in [0, 0.05) is 23.1 Å². The third-order valence-electron chi connectivity index (χ3n) is 2.16. The Balaban J connectivity index is 2.12. The molecule has 0 heterocycles. The van der Waals surface area contributed by atoms with Crippen molar-refractivity contribution in [3.8, 4) is 0 Å². The molecule has 1 aromatic carbocycles. The van der Waals surface area contributed by atoms with Gasteiger partial charge in [-0.2, -0.15) is 0 Å². The van der Waals surface area contributed by atoms with Gasteiger partial charge in [-0.3, -0.25) is 0 Å². The summed E-state index contributed by atoms with van der Waals surface area (Å²) in [7, 11) is 3.84. The smallest absolute Gasteiger partial charge is 0.172 e. The van der Waals surface area contributed by atoms with Crippen LogP contribution in [0.5, 0.6) is 0 Å². The second-order valence-corrected chi connectivity index (χ2v) is 3.51. The first kappa shape index (κ1) is 12.6. The van der Waals surface area contributed by atoms with Gasteiger partial charge in [0.2, 0.25) is 0 Å². The van der Waals surface area contributed by atoms with E-state index in [4.69, 9.17) is 9.26 Å². The molecular weight excluding hydrogens is 209 g/mol. The lowest BCUT2D eigenvalue weighted by atomic mass is 10.1. The molecular formula is C11H18NO2P. The average molecular weight is 227 g/mol. The summed E-state index contributed by atoms with van der Waals surface area (Å²) in [6, 6.07) is 10.4. The number of methoxy groups -OCH3 is 1. The fraction of sp³-hybridized carbons (Fsp3) is 0.455. The van der Waals surface area contributed by atoms with Crippen LogP contribution >= 0.6 is 9.47 Å². The van der Waals surface area contributed by atoms with Crippen LogP contribution in [0.4, 0.5) is 0 Å². The minimum absolute atomic E-state index is 0.189. The zero-order valence-electron chi connectivity index (χ0n) is 8.98.